The zero-order chi connectivity index (χ0) is 19.7. The highest BCUT2D eigenvalue weighted by Gasteiger charge is 2.64. The van der Waals surface area contributed by atoms with Gasteiger partial charge in [0.15, 0.2) is 0 Å². The smallest absolute Gasteiger partial charge is 0.319 e. The van der Waals surface area contributed by atoms with Gasteiger partial charge in [-0.05, 0) is 47.9 Å². The van der Waals surface area contributed by atoms with E-state index in [2.05, 4.69) is 24.0 Å². The second kappa shape index (κ2) is 5.75. The Bertz CT molecular complexity index is 975. The molecule has 2 aromatic rings. The van der Waals surface area contributed by atoms with E-state index in [1.807, 2.05) is 24.1 Å². The van der Waals surface area contributed by atoms with E-state index < -0.39 is 0 Å². The lowest BCUT2D eigenvalue weighted by atomic mass is 9.68. The van der Waals surface area contributed by atoms with Crippen LogP contribution in [0.1, 0.15) is 43.9 Å². The molecule has 3 aliphatic rings. The zero-order valence-corrected chi connectivity index (χ0v) is 16.6. The molecule has 0 spiro atoms. The Kier molecular flexibility index (Phi) is 3.61. The summed E-state index contributed by atoms with van der Waals surface area (Å²) in [5.41, 5.74) is 3.07. The first-order valence-electron chi connectivity index (χ1n) is 9.98. The summed E-state index contributed by atoms with van der Waals surface area (Å²) in [5, 5.41) is 9.06. The van der Waals surface area contributed by atoms with Crippen LogP contribution in [0.2, 0.25) is 0 Å². The summed E-state index contributed by atoms with van der Waals surface area (Å²) in [6, 6.07) is 8.84. The van der Waals surface area contributed by atoms with Crippen LogP contribution in [0, 0.1) is 11.2 Å². The Labute approximate surface area is 164 Å². The molecule has 1 saturated heterocycles. The molecular weight excluding hydrogens is 355 g/mol. The molecular formula is C22H25FN4O. The number of hydrogen-bond donors (Lipinski definition) is 0. The Morgan fingerprint density at radius 1 is 1.21 bits per heavy atom. The Balaban J connectivity index is 1.58. The SMILES string of the molecule is CN1CCN(C[C@]23CC[C@H](c4cc(-c5ccccc5F)nnc42)C3(C)C)C1=O. The van der Waals surface area contributed by atoms with Crippen LogP contribution in [-0.4, -0.2) is 52.7 Å². The maximum atomic E-state index is 14.3. The summed E-state index contributed by atoms with van der Waals surface area (Å²) >= 11 is 0. The van der Waals surface area contributed by atoms with Gasteiger partial charge in [-0.1, -0.05) is 26.0 Å². The van der Waals surface area contributed by atoms with Gasteiger partial charge in [0.1, 0.15) is 5.82 Å². The number of likely N-dealkylation sites (N-methyl/N-ethyl adjacent to an activating group) is 1. The van der Waals surface area contributed by atoms with Crippen LogP contribution in [0.3, 0.4) is 0 Å². The highest BCUT2D eigenvalue weighted by atomic mass is 19.1. The average molecular weight is 380 g/mol. The van der Waals surface area contributed by atoms with Gasteiger partial charge in [-0.25, -0.2) is 9.18 Å². The molecule has 5 rings (SSSR count). The Hall–Kier alpha value is -2.50. The van der Waals surface area contributed by atoms with Crippen molar-refractivity contribution >= 4 is 6.03 Å². The van der Waals surface area contributed by atoms with Gasteiger partial charge in [0, 0.05) is 37.7 Å². The van der Waals surface area contributed by atoms with Gasteiger partial charge in [0.2, 0.25) is 0 Å². The predicted octanol–water partition coefficient (Wildman–Crippen LogP) is 3.81. The van der Waals surface area contributed by atoms with Crippen molar-refractivity contribution in [3.8, 4) is 11.3 Å². The lowest BCUT2D eigenvalue weighted by molar-refractivity contribution is 0.142. The molecule has 146 valence electrons. The van der Waals surface area contributed by atoms with E-state index in [1.54, 1.807) is 17.0 Å². The number of carbonyl (C=O) groups excluding carboxylic acids is 1. The van der Waals surface area contributed by atoms with Crippen LogP contribution in [0.25, 0.3) is 11.3 Å². The largest absolute Gasteiger partial charge is 0.326 e. The Morgan fingerprint density at radius 3 is 2.71 bits per heavy atom. The fourth-order valence-electron chi connectivity index (χ4n) is 5.75. The van der Waals surface area contributed by atoms with Crippen molar-refractivity contribution in [1.82, 2.24) is 20.0 Å². The topological polar surface area (TPSA) is 49.3 Å². The summed E-state index contributed by atoms with van der Waals surface area (Å²) in [6.07, 6.45) is 2.08. The summed E-state index contributed by atoms with van der Waals surface area (Å²) in [6.45, 7) is 6.79. The highest BCUT2D eigenvalue weighted by molar-refractivity contribution is 5.76. The average Bonchev–Trinajstić information content (AvgIpc) is 3.19. The molecule has 1 aromatic heterocycles. The minimum Gasteiger partial charge on any atom is -0.326 e. The molecule has 28 heavy (non-hydrogen) atoms. The third-order valence-electron chi connectivity index (χ3n) is 7.53. The van der Waals surface area contributed by atoms with Gasteiger partial charge in [0.05, 0.1) is 11.4 Å². The van der Waals surface area contributed by atoms with Crippen molar-refractivity contribution in [2.24, 2.45) is 5.41 Å². The fraction of sp³-hybridized carbons (Fsp3) is 0.500. The summed E-state index contributed by atoms with van der Waals surface area (Å²) in [5.74, 6) is 0.0820. The first-order valence-corrected chi connectivity index (χ1v) is 9.98. The number of amides is 2. The number of rotatable bonds is 3. The molecule has 2 fully saturated rings. The van der Waals surface area contributed by atoms with E-state index in [1.165, 1.54) is 11.6 Å². The molecule has 2 amide bonds. The molecule has 6 heteroatoms. The van der Waals surface area contributed by atoms with Crippen molar-refractivity contribution < 1.29 is 9.18 Å². The quantitative estimate of drug-likeness (QED) is 0.814. The number of fused-ring (bicyclic) bond motifs is 5. The molecule has 2 bridgehead atoms. The van der Waals surface area contributed by atoms with Crippen molar-refractivity contribution in [2.75, 3.05) is 26.7 Å². The van der Waals surface area contributed by atoms with Crippen LogP contribution >= 0.6 is 0 Å². The van der Waals surface area contributed by atoms with E-state index in [4.69, 9.17) is 0 Å². The van der Waals surface area contributed by atoms with E-state index >= 15 is 0 Å². The molecule has 2 atom stereocenters. The summed E-state index contributed by atoms with van der Waals surface area (Å²) in [4.78, 5) is 16.3. The number of halogens is 1. The van der Waals surface area contributed by atoms with Crippen molar-refractivity contribution in [1.29, 1.82) is 0 Å². The van der Waals surface area contributed by atoms with Gasteiger partial charge in [-0.15, -0.1) is 0 Å². The van der Waals surface area contributed by atoms with Gasteiger partial charge in [0.25, 0.3) is 0 Å². The minimum absolute atomic E-state index is 0.0146. The van der Waals surface area contributed by atoms with Gasteiger partial charge in [-0.2, -0.15) is 10.2 Å². The third-order valence-corrected chi connectivity index (χ3v) is 7.53. The summed E-state index contributed by atoms with van der Waals surface area (Å²) < 4.78 is 14.3. The second-order valence-electron chi connectivity index (χ2n) is 9.03. The number of benzene rings is 1. The van der Waals surface area contributed by atoms with Crippen molar-refractivity contribution in [3.05, 3.63) is 47.4 Å². The lowest BCUT2D eigenvalue weighted by Gasteiger charge is -2.40. The molecule has 5 nitrogen and oxygen atoms in total. The predicted molar refractivity (Wildman–Crippen MR) is 104 cm³/mol. The second-order valence-corrected chi connectivity index (χ2v) is 9.03. The van der Waals surface area contributed by atoms with E-state index in [0.29, 0.717) is 23.7 Å². The monoisotopic (exact) mass is 380 g/mol. The van der Waals surface area contributed by atoms with E-state index in [-0.39, 0.29) is 22.7 Å². The van der Waals surface area contributed by atoms with Gasteiger partial charge < -0.3 is 9.80 Å². The van der Waals surface area contributed by atoms with Gasteiger partial charge >= 0.3 is 6.03 Å². The molecule has 0 N–H and O–H groups in total. The first-order chi connectivity index (χ1) is 13.3. The van der Waals surface area contributed by atoms with E-state index in [9.17, 15) is 9.18 Å². The highest BCUT2D eigenvalue weighted by Crippen LogP contribution is 2.67. The van der Waals surface area contributed by atoms with E-state index in [0.717, 1.165) is 31.6 Å². The molecule has 0 unspecified atom stereocenters. The van der Waals surface area contributed by atoms with Crippen molar-refractivity contribution in [2.45, 2.75) is 38.0 Å². The number of carbonyl (C=O) groups is 1. The molecule has 2 heterocycles. The van der Waals surface area contributed by atoms with Crippen LogP contribution < -0.4 is 0 Å². The fourth-order valence-corrected chi connectivity index (χ4v) is 5.75. The lowest BCUT2D eigenvalue weighted by Crippen LogP contribution is -2.47. The molecule has 2 aliphatic carbocycles. The van der Waals surface area contributed by atoms with Crippen LogP contribution in [0.15, 0.2) is 30.3 Å². The first kappa shape index (κ1) is 17.6. The maximum absolute atomic E-state index is 14.3. The number of nitrogens with zero attached hydrogens (tertiary/aromatic N) is 4. The summed E-state index contributed by atoms with van der Waals surface area (Å²) in [7, 11) is 1.85. The number of aromatic nitrogens is 2. The normalized spacial score (nSPS) is 27.6. The third kappa shape index (κ3) is 2.14. The molecule has 1 aromatic carbocycles. The Morgan fingerprint density at radius 2 is 2.00 bits per heavy atom. The minimum atomic E-state index is -0.278. The molecule has 1 aliphatic heterocycles. The maximum Gasteiger partial charge on any atom is 0.319 e. The van der Waals surface area contributed by atoms with Crippen LogP contribution in [0.5, 0.6) is 0 Å². The molecule has 1 saturated carbocycles. The van der Waals surface area contributed by atoms with Crippen LogP contribution in [-0.2, 0) is 5.41 Å². The number of urea groups is 1. The zero-order valence-electron chi connectivity index (χ0n) is 16.6. The van der Waals surface area contributed by atoms with Gasteiger partial charge in [-0.3, -0.25) is 0 Å². The molecule has 0 radical (unpaired) electrons. The standard InChI is InChI=1S/C22H25FN4O/c1-21(2)16-8-9-22(21,13-27-11-10-26(3)20(27)28)19-15(16)12-18(24-25-19)14-6-4-5-7-17(14)23/h4-7,12,16H,8-11,13H2,1-3H3/t16-,22-/m1/s1. The number of hydrogen-bond acceptors (Lipinski definition) is 3. The van der Waals surface area contributed by atoms with Crippen LogP contribution in [0.4, 0.5) is 9.18 Å². The van der Waals surface area contributed by atoms with Crippen molar-refractivity contribution in [3.63, 3.8) is 0 Å².